The molecule has 0 bridgehead atoms. The molecule has 2 saturated carbocycles. The third-order valence-corrected chi connectivity index (χ3v) is 7.03. The maximum absolute atomic E-state index is 14.5. The third-order valence-electron chi connectivity index (χ3n) is 7.03. The lowest BCUT2D eigenvalue weighted by Gasteiger charge is -2.31. The van der Waals surface area contributed by atoms with E-state index in [2.05, 4.69) is 10.5 Å². The smallest absolute Gasteiger partial charge is 0.409 e. The molecule has 1 aliphatic heterocycles. The van der Waals surface area contributed by atoms with Crippen LogP contribution in [-0.4, -0.2) is 83.1 Å². The molecule has 1 amide bonds. The number of aromatic nitrogens is 1. The zero-order valence-electron chi connectivity index (χ0n) is 20.5. The van der Waals surface area contributed by atoms with Crippen molar-refractivity contribution in [2.75, 3.05) is 34.3 Å². The summed E-state index contributed by atoms with van der Waals surface area (Å²) in [6.45, 7) is 0.783. The molecular weight excluding hydrogens is 457 g/mol. The van der Waals surface area contributed by atoms with Crippen LogP contribution in [0.4, 0.5) is 9.18 Å². The number of likely N-dealkylation sites (N-methyl/N-ethyl adjacent to an activating group) is 1. The van der Waals surface area contributed by atoms with Crippen molar-refractivity contribution >= 4 is 17.8 Å². The molecule has 2 fully saturated rings. The number of carbonyl (C=O) groups is 2. The minimum absolute atomic E-state index is 0.00408. The summed E-state index contributed by atoms with van der Waals surface area (Å²) < 4.78 is 26.0. The van der Waals surface area contributed by atoms with E-state index in [0.29, 0.717) is 36.7 Å². The summed E-state index contributed by atoms with van der Waals surface area (Å²) in [6, 6.07) is 3.50. The highest BCUT2D eigenvalue weighted by Gasteiger charge is 2.44. The average Bonchev–Trinajstić information content (AvgIpc) is 3.07. The molecule has 0 saturated heterocycles. The monoisotopic (exact) mass is 491 g/mol. The lowest BCUT2D eigenvalue weighted by atomic mass is 9.84. The standard InChI is InChI=1S/C24H34FN5O5/c1-28(14-16-6-4-7-16)23(33)34-15-20-21(30(3)27-29(20)2)19-10-9-18(13-26-19)35-17-8-5-11-24(25,12-17)22(31)32/h9-10,13,16-17,27H,4-8,11-12,14-15H2,1-3H3,(H,31,32)/t17-,24+/m0/s1. The van der Waals surface area contributed by atoms with Crippen molar-refractivity contribution in [3.8, 4) is 5.75 Å². The number of hydrogen-bond acceptors (Lipinski definition) is 8. The van der Waals surface area contributed by atoms with Gasteiger partial charge in [0, 0.05) is 34.1 Å². The van der Waals surface area contributed by atoms with Crippen LogP contribution in [0.5, 0.6) is 5.75 Å². The Balaban J connectivity index is 1.41. The van der Waals surface area contributed by atoms with Crippen molar-refractivity contribution in [3.05, 3.63) is 29.7 Å². The van der Waals surface area contributed by atoms with Crippen LogP contribution in [0.3, 0.4) is 0 Å². The summed E-state index contributed by atoms with van der Waals surface area (Å²) in [6.07, 6.45) is 5.06. The van der Waals surface area contributed by atoms with Crippen LogP contribution in [0, 0.1) is 5.92 Å². The van der Waals surface area contributed by atoms with E-state index in [1.165, 1.54) is 6.42 Å². The van der Waals surface area contributed by atoms with Gasteiger partial charge in [0.2, 0.25) is 5.67 Å². The van der Waals surface area contributed by atoms with Gasteiger partial charge in [-0.25, -0.2) is 14.0 Å². The Bertz CT molecular complexity index is 970. The van der Waals surface area contributed by atoms with Crippen LogP contribution in [0.15, 0.2) is 24.0 Å². The molecule has 192 valence electrons. The van der Waals surface area contributed by atoms with Crippen molar-refractivity contribution in [3.63, 3.8) is 0 Å². The maximum atomic E-state index is 14.5. The average molecular weight is 492 g/mol. The highest BCUT2D eigenvalue weighted by molar-refractivity contribution is 5.77. The molecule has 3 aliphatic rings. The molecule has 1 aromatic heterocycles. The zero-order valence-corrected chi connectivity index (χ0v) is 20.5. The van der Waals surface area contributed by atoms with Gasteiger partial charge in [0.05, 0.1) is 17.6 Å². The predicted molar refractivity (Wildman–Crippen MR) is 125 cm³/mol. The number of carboxylic acids is 1. The number of nitrogens with one attached hydrogen (secondary N) is 1. The largest absolute Gasteiger partial charge is 0.489 e. The number of hydrazine groups is 2. The van der Waals surface area contributed by atoms with Gasteiger partial charge in [-0.2, -0.15) is 0 Å². The van der Waals surface area contributed by atoms with E-state index in [1.807, 2.05) is 14.1 Å². The Morgan fingerprint density at radius 1 is 1.26 bits per heavy atom. The van der Waals surface area contributed by atoms with Gasteiger partial charge in [0.1, 0.15) is 24.2 Å². The second-order valence-corrected chi connectivity index (χ2v) is 9.73. The van der Waals surface area contributed by atoms with Crippen LogP contribution in [-0.2, 0) is 9.53 Å². The molecule has 2 aliphatic carbocycles. The molecule has 0 unspecified atom stereocenters. The number of alkyl halides is 1. The maximum Gasteiger partial charge on any atom is 0.409 e. The lowest BCUT2D eigenvalue weighted by molar-refractivity contribution is -0.155. The first kappa shape index (κ1) is 25.0. The number of ether oxygens (including phenoxy) is 2. The molecule has 0 aromatic carbocycles. The summed E-state index contributed by atoms with van der Waals surface area (Å²) in [7, 11) is 5.43. The van der Waals surface area contributed by atoms with E-state index in [9.17, 15) is 19.1 Å². The van der Waals surface area contributed by atoms with Gasteiger partial charge >= 0.3 is 12.1 Å². The molecule has 2 heterocycles. The summed E-state index contributed by atoms with van der Waals surface area (Å²) >= 11 is 0. The minimum Gasteiger partial charge on any atom is -0.489 e. The van der Waals surface area contributed by atoms with Crippen molar-refractivity contribution in [2.24, 2.45) is 5.92 Å². The summed E-state index contributed by atoms with van der Waals surface area (Å²) in [5, 5.41) is 12.7. The van der Waals surface area contributed by atoms with Gasteiger partial charge in [-0.1, -0.05) is 6.42 Å². The molecule has 2 atom stereocenters. The fourth-order valence-corrected chi connectivity index (χ4v) is 4.80. The van der Waals surface area contributed by atoms with Crippen molar-refractivity contribution < 1.29 is 28.6 Å². The number of amides is 1. The van der Waals surface area contributed by atoms with Gasteiger partial charge in [0.25, 0.3) is 0 Å². The Kier molecular flexibility index (Phi) is 7.34. The molecule has 4 rings (SSSR count). The quantitative estimate of drug-likeness (QED) is 0.567. The highest BCUT2D eigenvalue weighted by Crippen LogP contribution is 2.35. The normalized spacial score (nSPS) is 24.9. The van der Waals surface area contributed by atoms with E-state index in [-0.39, 0.29) is 25.5 Å². The number of carboxylic acid groups (broad SMARTS) is 1. The van der Waals surface area contributed by atoms with Crippen LogP contribution in [0.1, 0.15) is 50.6 Å². The van der Waals surface area contributed by atoms with Gasteiger partial charge in [-0.15, -0.1) is 5.53 Å². The van der Waals surface area contributed by atoms with E-state index < -0.39 is 17.7 Å². The Morgan fingerprint density at radius 3 is 2.66 bits per heavy atom. The van der Waals surface area contributed by atoms with Gasteiger partial charge in [0.15, 0.2) is 0 Å². The minimum atomic E-state index is -2.25. The van der Waals surface area contributed by atoms with Crippen molar-refractivity contribution in [2.45, 2.75) is 56.7 Å². The van der Waals surface area contributed by atoms with E-state index in [4.69, 9.17) is 9.47 Å². The zero-order chi connectivity index (χ0) is 25.2. The molecule has 0 spiro atoms. The number of pyridine rings is 1. The van der Waals surface area contributed by atoms with Crippen molar-refractivity contribution in [1.82, 2.24) is 25.4 Å². The third kappa shape index (κ3) is 5.61. The number of rotatable bonds is 8. The topological polar surface area (TPSA) is 107 Å². The molecule has 11 heteroatoms. The first-order valence-electron chi connectivity index (χ1n) is 12.1. The van der Waals surface area contributed by atoms with Crippen LogP contribution in [0.2, 0.25) is 0 Å². The fraction of sp³-hybridized carbons (Fsp3) is 0.625. The van der Waals surface area contributed by atoms with Gasteiger partial charge in [-0.05, 0) is 50.2 Å². The Morgan fingerprint density at radius 2 is 2.03 bits per heavy atom. The SMILES string of the molecule is CN(CC1CCC1)C(=O)OCC1=C(c2ccc(O[C@H]3CCC[C@](F)(C(=O)O)C3)cn2)N(C)NN1C. The number of carbonyl (C=O) groups excluding carboxylic acids is 1. The first-order chi connectivity index (χ1) is 16.7. The molecular formula is C24H34FN5O5. The summed E-state index contributed by atoms with van der Waals surface area (Å²) in [5.74, 6) is -0.426. The van der Waals surface area contributed by atoms with Crippen molar-refractivity contribution in [1.29, 1.82) is 0 Å². The first-order valence-corrected chi connectivity index (χ1v) is 12.1. The van der Waals surface area contributed by atoms with E-state index in [0.717, 1.165) is 24.2 Å². The Labute approximate surface area is 204 Å². The number of halogens is 1. The van der Waals surface area contributed by atoms with Crippen LogP contribution in [0.25, 0.3) is 5.70 Å². The fourth-order valence-electron chi connectivity index (χ4n) is 4.80. The van der Waals surface area contributed by atoms with E-state index in [1.54, 1.807) is 40.3 Å². The highest BCUT2D eigenvalue weighted by atomic mass is 19.1. The second kappa shape index (κ2) is 10.3. The summed E-state index contributed by atoms with van der Waals surface area (Å²) in [4.78, 5) is 29.8. The summed E-state index contributed by atoms with van der Waals surface area (Å²) in [5.41, 5.74) is 3.02. The number of aliphatic carboxylic acids is 1. The van der Waals surface area contributed by atoms with Crippen LogP contribution < -0.4 is 10.3 Å². The molecule has 2 N–H and O–H groups in total. The molecule has 10 nitrogen and oxygen atoms in total. The van der Waals surface area contributed by atoms with Crippen LogP contribution >= 0.6 is 0 Å². The molecule has 0 radical (unpaired) electrons. The second-order valence-electron chi connectivity index (χ2n) is 9.73. The van der Waals surface area contributed by atoms with Gasteiger partial charge < -0.3 is 19.5 Å². The van der Waals surface area contributed by atoms with Gasteiger partial charge in [-0.3, -0.25) is 15.0 Å². The lowest BCUT2D eigenvalue weighted by Crippen LogP contribution is -2.42. The number of nitrogens with zero attached hydrogens (tertiary/aromatic N) is 4. The Hall–Kier alpha value is -3.08. The number of hydrogen-bond donors (Lipinski definition) is 2. The molecule has 35 heavy (non-hydrogen) atoms. The predicted octanol–water partition coefficient (Wildman–Crippen LogP) is 3.03. The van der Waals surface area contributed by atoms with E-state index >= 15 is 0 Å². The molecule has 1 aromatic rings.